The molecule has 0 aliphatic rings. The van der Waals surface area contributed by atoms with Crippen LogP contribution in [-0.4, -0.2) is 10.2 Å². The highest BCUT2D eigenvalue weighted by Crippen LogP contribution is 2.39. The molecule has 4 nitrogen and oxygen atoms in total. The summed E-state index contributed by atoms with van der Waals surface area (Å²) in [6.07, 6.45) is 1.53. The Morgan fingerprint density at radius 1 is 1.21 bits per heavy atom. The van der Waals surface area contributed by atoms with Gasteiger partial charge in [0.05, 0.1) is 23.1 Å². The molecule has 0 aliphatic carbocycles. The van der Waals surface area contributed by atoms with Crippen molar-refractivity contribution in [2.45, 2.75) is 0 Å². The van der Waals surface area contributed by atoms with Crippen LogP contribution in [0.2, 0.25) is 0 Å². The van der Waals surface area contributed by atoms with E-state index in [-0.39, 0.29) is 11.6 Å². The van der Waals surface area contributed by atoms with Crippen LogP contribution in [0.15, 0.2) is 45.7 Å². The van der Waals surface area contributed by atoms with Crippen LogP contribution in [0.5, 0.6) is 0 Å². The van der Waals surface area contributed by atoms with E-state index in [9.17, 15) is 4.39 Å². The predicted octanol–water partition coefficient (Wildman–Crippen LogP) is 3.82. The molecule has 0 fully saturated rings. The van der Waals surface area contributed by atoms with Gasteiger partial charge in [0.1, 0.15) is 5.82 Å². The number of aromatic amines is 1. The van der Waals surface area contributed by atoms with Gasteiger partial charge in [0.25, 0.3) is 0 Å². The first-order valence-electron chi connectivity index (χ1n) is 5.50. The molecule has 19 heavy (non-hydrogen) atoms. The summed E-state index contributed by atoms with van der Waals surface area (Å²) < 4.78 is 19.6. The van der Waals surface area contributed by atoms with Crippen molar-refractivity contribution in [2.24, 2.45) is 0 Å². The van der Waals surface area contributed by atoms with Crippen molar-refractivity contribution in [2.75, 3.05) is 5.73 Å². The van der Waals surface area contributed by atoms with E-state index >= 15 is 0 Å². The lowest BCUT2D eigenvalue weighted by Crippen LogP contribution is -1.91. The summed E-state index contributed by atoms with van der Waals surface area (Å²) in [4.78, 5) is 0. The van der Waals surface area contributed by atoms with E-state index in [1.54, 1.807) is 24.3 Å². The van der Waals surface area contributed by atoms with Crippen LogP contribution in [-0.2, 0) is 0 Å². The SMILES string of the molecule is Nc1n[nH]c(-c2ccoc2Br)c1-c1ccccc1F. The zero-order valence-electron chi connectivity index (χ0n) is 9.65. The van der Waals surface area contributed by atoms with Crippen LogP contribution < -0.4 is 5.73 Å². The Morgan fingerprint density at radius 2 is 2.00 bits per heavy atom. The van der Waals surface area contributed by atoms with Gasteiger partial charge in [0.2, 0.25) is 0 Å². The van der Waals surface area contributed by atoms with E-state index < -0.39 is 0 Å². The van der Waals surface area contributed by atoms with Crippen LogP contribution in [0.4, 0.5) is 10.2 Å². The summed E-state index contributed by atoms with van der Waals surface area (Å²) in [5.74, 6) is -0.107. The minimum atomic E-state index is -0.350. The van der Waals surface area contributed by atoms with E-state index in [2.05, 4.69) is 26.1 Å². The number of nitrogens with one attached hydrogen (secondary N) is 1. The van der Waals surface area contributed by atoms with E-state index in [4.69, 9.17) is 10.2 Å². The van der Waals surface area contributed by atoms with E-state index in [0.717, 1.165) is 5.56 Å². The number of nitrogens with zero attached hydrogens (tertiary/aromatic N) is 1. The maximum atomic E-state index is 13.9. The third kappa shape index (κ3) is 1.94. The molecule has 0 spiro atoms. The molecule has 0 unspecified atom stereocenters. The summed E-state index contributed by atoms with van der Waals surface area (Å²) >= 11 is 3.29. The molecule has 0 saturated heterocycles. The van der Waals surface area contributed by atoms with Gasteiger partial charge >= 0.3 is 0 Å². The lowest BCUT2D eigenvalue weighted by Gasteiger charge is -2.04. The Labute approximate surface area is 116 Å². The largest absolute Gasteiger partial charge is 0.457 e. The zero-order chi connectivity index (χ0) is 13.4. The Morgan fingerprint density at radius 3 is 2.68 bits per heavy atom. The molecule has 3 aromatic rings. The van der Waals surface area contributed by atoms with Crippen LogP contribution in [0.25, 0.3) is 22.4 Å². The molecule has 0 bridgehead atoms. The molecule has 0 atom stereocenters. The fraction of sp³-hybridized carbons (Fsp3) is 0. The molecule has 2 aromatic heterocycles. The number of hydrogen-bond acceptors (Lipinski definition) is 3. The molecular formula is C13H9BrFN3O. The van der Waals surface area contributed by atoms with Crippen molar-refractivity contribution >= 4 is 21.7 Å². The van der Waals surface area contributed by atoms with Gasteiger partial charge < -0.3 is 10.2 Å². The summed E-state index contributed by atoms with van der Waals surface area (Å²) in [6, 6.07) is 8.17. The highest BCUT2D eigenvalue weighted by Gasteiger charge is 2.20. The third-order valence-corrected chi connectivity index (χ3v) is 3.44. The normalized spacial score (nSPS) is 10.8. The van der Waals surface area contributed by atoms with Gasteiger partial charge in [-0.2, -0.15) is 5.10 Å². The third-order valence-electron chi connectivity index (χ3n) is 2.82. The zero-order valence-corrected chi connectivity index (χ0v) is 11.2. The summed E-state index contributed by atoms with van der Waals surface area (Å²) in [5.41, 5.74) is 8.12. The second-order valence-electron chi connectivity index (χ2n) is 3.95. The van der Waals surface area contributed by atoms with Gasteiger partial charge in [0, 0.05) is 5.56 Å². The van der Waals surface area contributed by atoms with Crippen molar-refractivity contribution in [3.8, 4) is 22.4 Å². The fourth-order valence-corrected chi connectivity index (χ4v) is 2.40. The molecule has 0 aliphatic heterocycles. The summed E-state index contributed by atoms with van der Waals surface area (Å²) in [5, 5.41) is 6.77. The maximum Gasteiger partial charge on any atom is 0.178 e. The van der Waals surface area contributed by atoms with Crippen LogP contribution in [0.3, 0.4) is 0 Å². The van der Waals surface area contributed by atoms with E-state index in [1.165, 1.54) is 12.3 Å². The van der Waals surface area contributed by atoms with Gasteiger partial charge in [-0.25, -0.2) is 4.39 Å². The minimum absolute atomic E-state index is 0.244. The van der Waals surface area contributed by atoms with Crippen LogP contribution in [0, 0.1) is 5.82 Å². The highest BCUT2D eigenvalue weighted by molar-refractivity contribution is 9.10. The fourth-order valence-electron chi connectivity index (χ4n) is 1.96. The molecule has 0 radical (unpaired) electrons. The first kappa shape index (κ1) is 12.0. The number of rotatable bonds is 2. The molecule has 96 valence electrons. The highest BCUT2D eigenvalue weighted by atomic mass is 79.9. The van der Waals surface area contributed by atoms with Crippen molar-refractivity contribution in [1.82, 2.24) is 10.2 Å². The average Bonchev–Trinajstić information content (AvgIpc) is 2.96. The van der Waals surface area contributed by atoms with Gasteiger partial charge in [-0.05, 0) is 28.1 Å². The Bertz CT molecular complexity index is 735. The van der Waals surface area contributed by atoms with Crippen molar-refractivity contribution < 1.29 is 8.81 Å². The molecule has 0 amide bonds. The lowest BCUT2D eigenvalue weighted by molar-refractivity contribution is 0.542. The number of hydrogen-bond donors (Lipinski definition) is 2. The minimum Gasteiger partial charge on any atom is -0.457 e. The number of benzene rings is 1. The molecular weight excluding hydrogens is 313 g/mol. The Hall–Kier alpha value is -2.08. The summed E-state index contributed by atoms with van der Waals surface area (Å²) in [6.45, 7) is 0. The average molecular weight is 322 g/mol. The molecule has 3 rings (SSSR count). The second-order valence-corrected chi connectivity index (χ2v) is 4.67. The smallest absolute Gasteiger partial charge is 0.178 e. The van der Waals surface area contributed by atoms with Crippen LogP contribution >= 0.6 is 15.9 Å². The first-order valence-corrected chi connectivity index (χ1v) is 6.30. The van der Waals surface area contributed by atoms with Crippen LogP contribution in [0.1, 0.15) is 0 Å². The maximum absolute atomic E-state index is 13.9. The number of furan rings is 1. The number of anilines is 1. The first-order chi connectivity index (χ1) is 9.18. The van der Waals surface area contributed by atoms with Gasteiger partial charge in [-0.3, -0.25) is 5.10 Å². The monoisotopic (exact) mass is 321 g/mol. The standard InChI is InChI=1S/C13H9BrFN3O/c14-12-8(5-6-19-12)11-10(13(16)18-17-11)7-3-1-2-4-9(7)15/h1-6H,(H3,16,17,18). The van der Waals surface area contributed by atoms with Crippen molar-refractivity contribution in [1.29, 1.82) is 0 Å². The molecule has 1 aromatic carbocycles. The van der Waals surface area contributed by atoms with Gasteiger partial charge in [0.15, 0.2) is 10.5 Å². The van der Waals surface area contributed by atoms with E-state index in [0.29, 0.717) is 21.5 Å². The van der Waals surface area contributed by atoms with E-state index in [1.807, 2.05) is 0 Å². The molecule has 6 heteroatoms. The van der Waals surface area contributed by atoms with Crippen molar-refractivity contribution in [3.05, 3.63) is 47.1 Å². The molecule has 0 saturated carbocycles. The predicted molar refractivity (Wildman–Crippen MR) is 73.8 cm³/mol. The molecule has 2 heterocycles. The Kier molecular flexibility index (Phi) is 2.87. The number of nitrogen functional groups attached to an aromatic ring is 1. The van der Waals surface area contributed by atoms with Gasteiger partial charge in [-0.1, -0.05) is 18.2 Å². The summed E-state index contributed by atoms with van der Waals surface area (Å²) in [7, 11) is 0. The van der Waals surface area contributed by atoms with Gasteiger partial charge in [-0.15, -0.1) is 0 Å². The number of halogens is 2. The second kappa shape index (κ2) is 4.55. The molecule has 3 N–H and O–H groups in total. The topological polar surface area (TPSA) is 67.8 Å². The quantitative estimate of drug-likeness (QED) is 0.754. The number of H-pyrrole nitrogens is 1. The number of aromatic nitrogens is 2. The van der Waals surface area contributed by atoms with Crippen molar-refractivity contribution in [3.63, 3.8) is 0 Å². The Balaban J connectivity index is 2.26. The number of nitrogens with two attached hydrogens (primary N) is 1. The lowest BCUT2D eigenvalue weighted by atomic mass is 10.0.